The van der Waals surface area contributed by atoms with Crippen molar-refractivity contribution < 1.29 is 9.59 Å². The van der Waals surface area contributed by atoms with Gasteiger partial charge in [0.1, 0.15) is 5.69 Å². The number of benzene rings is 1. The van der Waals surface area contributed by atoms with Crippen LogP contribution in [0.3, 0.4) is 0 Å². The number of carbonyl (C=O) groups excluding carboxylic acids is 2. The predicted molar refractivity (Wildman–Crippen MR) is 107 cm³/mol. The highest BCUT2D eigenvalue weighted by atomic mass is 35.5. The van der Waals surface area contributed by atoms with Gasteiger partial charge in [0.05, 0.1) is 17.3 Å². The third kappa shape index (κ3) is 5.86. The van der Waals surface area contributed by atoms with Crippen LogP contribution in [0.25, 0.3) is 0 Å². The normalized spacial score (nSPS) is 10.7. The minimum absolute atomic E-state index is 0.0219. The molecule has 1 aromatic heterocycles. The number of aromatic nitrogens is 1. The van der Waals surface area contributed by atoms with E-state index in [0.29, 0.717) is 33.3 Å². The van der Waals surface area contributed by atoms with E-state index in [0.717, 1.165) is 0 Å². The van der Waals surface area contributed by atoms with Gasteiger partial charge < -0.3 is 15.5 Å². The van der Waals surface area contributed by atoms with Gasteiger partial charge in [-0.1, -0.05) is 37.0 Å². The molecular formula is C17H20Cl2N4O2S. The molecule has 0 fully saturated rings. The lowest BCUT2D eigenvalue weighted by atomic mass is 10.2. The van der Waals surface area contributed by atoms with Gasteiger partial charge in [-0.2, -0.15) is 0 Å². The van der Waals surface area contributed by atoms with Crippen molar-refractivity contribution in [1.82, 2.24) is 15.2 Å². The van der Waals surface area contributed by atoms with E-state index in [-0.39, 0.29) is 24.1 Å². The molecule has 1 heterocycles. The average Bonchev–Trinajstić information content (AvgIpc) is 3.04. The van der Waals surface area contributed by atoms with Gasteiger partial charge in [-0.25, -0.2) is 4.98 Å². The van der Waals surface area contributed by atoms with Crippen LogP contribution < -0.4 is 10.6 Å². The topological polar surface area (TPSA) is 74.3 Å². The molecule has 0 atom stereocenters. The van der Waals surface area contributed by atoms with E-state index < -0.39 is 0 Å². The molecule has 0 unspecified atom stereocenters. The number of rotatable bonds is 7. The first-order chi connectivity index (χ1) is 12.3. The van der Waals surface area contributed by atoms with Crippen molar-refractivity contribution in [3.8, 4) is 0 Å². The van der Waals surface area contributed by atoms with Crippen molar-refractivity contribution in [2.24, 2.45) is 5.92 Å². The maximum atomic E-state index is 12.4. The fourth-order valence-electron chi connectivity index (χ4n) is 1.99. The molecule has 0 aliphatic heterocycles. The van der Waals surface area contributed by atoms with E-state index in [1.165, 1.54) is 16.2 Å². The van der Waals surface area contributed by atoms with Crippen LogP contribution in [0.4, 0.5) is 10.8 Å². The van der Waals surface area contributed by atoms with Gasteiger partial charge in [0, 0.05) is 24.0 Å². The molecule has 0 saturated carbocycles. The molecule has 0 bridgehead atoms. The second-order valence-corrected chi connectivity index (χ2v) is 7.85. The number of nitrogens with zero attached hydrogens (tertiary/aromatic N) is 2. The number of carbonyl (C=O) groups is 2. The van der Waals surface area contributed by atoms with Crippen molar-refractivity contribution in [2.75, 3.05) is 25.5 Å². The van der Waals surface area contributed by atoms with Crippen molar-refractivity contribution in [3.05, 3.63) is 39.3 Å². The molecule has 140 valence electrons. The molecular weight excluding hydrogens is 395 g/mol. The Hall–Kier alpha value is -1.83. The lowest BCUT2D eigenvalue weighted by Gasteiger charge is -2.16. The Balaban J connectivity index is 1.98. The third-order valence-corrected chi connectivity index (χ3v) is 4.65. The fourth-order valence-corrected chi connectivity index (χ4v) is 3.03. The number of thiazole rings is 1. The molecule has 2 amide bonds. The Bertz CT molecular complexity index is 795. The van der Waals surface area contributed by atoms with Crippen LogP contribution in [-0.2, 0) is 4.79 Å². The minimum atomic E-state index is -0.328. The van der Waals surface area contributed by atoms with Crippen LogP contribution in [-0.4, -0.2) is 41.8 Å². The summed E-state index contributed by atoms with van der Waals surface area (Å²) >= 11 is 13.3. The highest BCUT2D eigenvalue weighted by Crippen LogP contribution is 2.29. The summed E-state index contributed by atoms with van der Waals surface area (Å²) in [4.78, 5) is 29.9. The summed E-state index contributed by atoms with van der Waals surface area (Å²) in [5, 5.41) is 9.00. The molecule has 0 spiro atoms. The first-order valence-electron chi connectivity index (χ1n) is 7.96. The molecule has 2 N–H and O–H groups in total. The van der Waals surface area contributed by atoms with E-state index in [4.69, 9.17) is 23.2 Å². The maximum Gasteiger partial charge on any atom is 0.273 e. The Kier molecular flexibility index (Phi) is 7.25. The third-order valence-electron chi connectivity index (χ3n) is 3.33. The SMILES string of the molecule is CC(C)CNC(=O)CN(C)C(=O)c1csc(Nc2cc(Cl)ccc2Cl)n1. The van der Waals surface area contributed by atoms with E-state index in [2.05, 4.69) is 15.6 Å². The summed E-state index contributed by atoms with van der Waals surface area (Å²) in [5.41, 5.74) is 0.865. The molecule has 2 aromatic rings. The van der Waals surface area contributed by atoms with Crippen molar-refractivity contribution in [3.63, 3.8) is 0 Å². The lowest BCUT2D eigenvalue weighted by Crippen LogP contribution is -2.39. The van der Waals surface area contributed by atoms with Crippen molar-refractivity contribution >= 4 is 57.2 Å². The van der Waals surface area contributed by atoms with Crippen LogP contribution >= 0.6 is 34.5 Å². The Morgan fingerprint density at radius 2 is 2.04 bits per heavy atom. The smallest absolute Gasteiger partial charge is 0.273 e. The van der Waals surface area contributed by atoms with Gasteiger partial charge in [0.15, 0.2) is 5.13 Å². The zero-order chi connectivity index (χ0) is 19.3. The number of amides is 2. The molecule has 0 saturated heterocycles. The second-order valence-electron chi connectivity index (χ2n) is 6.15. The predicted octanol–water partition coefficient (Wildman–Crippen LogP) is 4.04. The molecule has 1 aromatic carbocycles. The van der Waals surface area contributed by atoms with Crippen LogP contribution in [0.2, 0.25) is 10.0 Å². The zero-order valence-electron chi connectivity index (χ0n) is 14.7. The van der Waals surface area contributed by atoms with Crippen LogP contribution in [0.15, 0.2) is 23.6 Å². The number of halogens is 2. The Morgan fingerprint density at radius 1 is 1.31 bits per heavy atom. The van der Waals surface area contributed by atoms with Gasteiger partial charge in [-0.15, -0.1) is 11.3 Å². The summed E-state index contributed by atoms with van der Waals surface area (Å²) in [6.45, 7) is 4.56. The monoisotopic (exact) mass is 414 g/mol. The van der Waals surface area contributed by atoms with Crippen molar-refractivity contribution in [2.45, 2.75) is 13.8 Å². The summed E-state index contributed by atoms with van der Waals surface area (Å²) in [5.74, 6) is -0.175. The minimum Gasteiger partial charge on any atom is -0.354 e. The average molecular weight is 415 g/mol. The van der Waals surface area contributed by atoms with Gasteiger partial charge in [0.25, 0.3) is 5.91 Å². The quantitative estimate of drug-likeness (QED) is 0.716. The summed E-state index contributed by atoms with van der Waals surface area (Å²) < 4.78 is 0. The second kappa shape index (κ2) is 9.21. The highest BCUT2D eigenvalue weighted by molar-refractivity contribution is 7.14. The summed E-state index contributed by atoms with van der Waals surface area (Å²) in [6.07, 6.45) is 0. The fraction of sp³-hybridized carbons (Fsp3) is 0.353. The lowest BCUT2D eigenvalue weighted by molar-refractivity contribution is -0.121. The van der Waals surface area contributed by atoms with E-state index in [9.17, 15) is 9.59 Å². The number of hydrogen-bond donors (Lipinski definition) is 2. The summed E-state index contributed by atoms with van der Waals surface area (Å²) in [6, 6.07) is 5.04. The van der Waals surface area contributed by atoms with Crippen molar-refractivity contribution in [1.29, 1.82) is 0 Å². The van der Waals surface area contributed by atoms with E-state index in [1.54, 1.807) is 30.6 Å². The molecule has 6 nitrogen and oxygen atoms in total. The van der Waals surface area contributed by atoms with Gasteiger partial charge in [-0.3, -0.25) is 9.59 Å². The van der Waals surface area contributed by atoms with Crippen LogP contribution in [0.1, 0.15) is 24.3 Å². The molecule has 2 rings (SSSR count). The Labute approximate surface area is 166 Å². The zero-order valence-corrected chi connectivity index (χ0v) is 17.0. The van der Waals surface area contributed by atoms with Gasteiger partial charge in [0.2, 0.25) is 5.91 Å². The van der Waals surface area contributed by atoms with E-state index in [1.807, 2.05) is 13.8 Å². The standard InChI is InChI=1S/C17H20Cl2N4O2S/c1-10(2)7-20-15(24)8-23(3)16(25)14-9-26-17(22-14)21-13-6-11(18)4-5-12(13)19/h4-6,9-10H,7-8H2,1-3H3,(H,20,24)(H,21,22). The number of likely N-dealkylation sites (N-methyl/N-ethyl adjacent to an activating group) is 1. The summed E-state index contributed by atoms with van der Waals surface area (Å²) in [7, 11) is 1.57. The molecule has 0 aliphatic rings. The van der Waals surface area contributed by atoms with Gasteiger partial charge in [-0.05, 0) is 24.1 Å². The number of nitrogens with one attached hydrogen (secondary N) is 2. The number of hydrogen-bond acceptors (Lipinski definition) is 5. The molecule has 9 heteroatoms. The first kappa shape index (κ1) is 20.5. The molecule has 0 aliphatic carbocycles. The maximum absolute atomic E-state index is 12.4. The molecule has 26 heavy (non-hydrogen) atoms. The van der Waals surface area contributed by atoms with Gasteiger partial charge >= 0.3 is 0 Å². The largest absolute Gasteiger partial charge is 0.354 e. The van der Waals surface area contributed by atoms with Crippen LogP contribution in [0.5, 0.6) is 0 Å². The number of anilines is 2. The molecule has 0 radical (unpaired) electrons. The first-order valence-corrected chi connectivity index (χ1v) is 9.59. The van der Waals surface area contributed by atoms with E-state index >= 15 is 0 Å². The van der Waals surface area contributed by atoms with Crippen LogP contribution in [0, 0.1) is 5.92 Å². The Morgan fingerprint density at radius 3 is 2.73 bits per heavy atom. The highest BCUT2D eigenvalue weighted by Gasteiger charge is 2.18.